The largest absolute Gasteiger partial charge is 0.497 e. The fourth-order valence-corrected chi connectivity index (χ4v) is 5.74. The van der Waals surface area contributed by atoms with Crippen molar-refractivity contribution in [3.05, 3.63) is 42.5 Å². The van der Waals surface area contributed by atoms with Gasteiger partial charge in [0.2, 0.25) is 5.91 Å². The Labute approximate surface area is 190 Å². The summed E-state index contributed by atoms with van der Waals surface area (Å²) in [6.45, 7) is 0.891. The van der Waals surface area contributed by atoms with E-state index in [1.807, 2.05) is 12.1 Å². The molecule has 2 heterocycles. The molecule has 0 radical (unpaired) electrons. The van der Waals surface area contributed by atoms with Gasteiger partial charge in [0, 0.05) is 6.61 Å². The monoisotopic (exact) mass is 476 g/mol. The molecule has 0 N–H and O–H groups in total. The third kappa shape index (κ3) is 4.87. The Balaban J connectivity index is 1.62. The quantitative estimate of drug-likeness (QED) is 0.492. The van der Waals surface area contributed by atoms with Crippen LogP contribution in [0, 0.1) is 0 Å². The molecule has 1 fully saturated rings. The number of fused-ring (bicyclic) bond motifs is 1. The molecule has 10 heteroatoms. The lowest BCUT2D eigenvalue weighted by Crippen LogP contribution is -2.40. The van der Waals surface area contributed by atoms with Crippen LogP contribution in [0.25, 0.3) is 10.2 Å². The summed E-state index contributed by atoms with van der Waals surface area (Å²) in [6, 6.07) is 11.5. The Hall–Kier alpha value is -2.69. The van der Waals surface area contributed by atoms with Crippen molar-refractivity contribution in [3.8, 4) is 11.5 Å². The second-order valence-electron chi connectivity index (χ2n) is 7.40. The molecule has 1 atom stereocenters. The zero-order valence-electron chi connectivity index (χ0n) is 17.8. The van der Waals surface area contributed by atoms with Gasteiger partial charge in [-0.15, -0.1) is 0 Å². The van der Waals surface area contributed by atoms with Crippen LogP contribution in [0.3, 0.4) is 0 Å². The first-order chi connectivity index (χ1) is 15.4. The third-order valence-corrected chi connectivity index (χ3v) is 7.92. The van der Waals surface area contributed by atoms with Crippen molar-refractivity contribution in [1.29, 1.82) is 0 Å². The van der Waals surface area contributed by atoms with Crippen LogP contribution in [-0.2, 0) is 19.4 Å². The molecule has 170 valence electrons. The van der Waals surface area contributed by atoms with Crippen LogP contribution in [0.4, 0.5) is 5.13 Å². The number of aromatic nitrogens is 1. The summed E-state index contributed by atoms with van der Waals surface area (Å²) < 4.78 is 42.7. The third-order valence-electron chi connectivity index (χ3n) is 5.26. The number of carbonyl (C=O) groups excluding carboxylic acids is 1. The minimum atomic E-state index is -3.84. The van der Waals surface area contributed by atoms with E-state index in [2.05, 4.69) is 4.98 Å². The minimum absolute atomic E-state index is 0.0674. The van der Waals surface area contributed by atoms with Crippen molar-refractivity contribution < 1.29 is 27.4 Å². The summed E-state index contributed by atoms with van der Waals surface area (Å²) >= 11 is 1.32. The maximum Gasteiger partial charge on any atom is 0.244 e. The Morgan fingerprint density at radius 2 is 1.88 bits per heavy atom. The van der Waals surface area contributed by atoms with E-state index in [1.54, 1.807) is 25.3 Å². The van der Waals surface area contributed by atoms with Crippen LogP contribution in [0.2, 0.25) is 0 Å². The molecule has 32 heavy (non-hydrogen) atoms. The molecule has 1 saturated heterocycles. The van der Waals surface area contributed by atoms with Gasteiger partial charge in [-0.25, -0.2) is 13.4 Å². The average molecular weight is 477 g/mol. The maximum absolute atomic E-state index is 13.3. The lowest BCUT2D eigenvalue weighted by Gasteiger charge is -2.23. The van der Waals surface area contributed by atoms with Crippen molar-refractivity contribution >= 4 is 42.4 Å². The van der Waals surface area contributed by atoms with Crippen LogP contribution in [0.1, 0.15) is 12.8 Å². The van der Waals surface area contributed by atoms with Gasteiger partial charge >= 0.3 is 0 Å². The summed E-state index contributed by atoms with van der Waals surface area (Å²) in [4.78, 5) is 19.3. The van der Waals surface area contributed by atoms with Crippen molar-refractivity contribution in [2.45, 2.75) is 23.8 Å². The molecule has 8 nitrogen and oxygen atoms in total. The number of methoxy groups -OCH3 is 2. The molecule has 0 spiro atoms. The van der Waals surface area contributed by atoms with Gasteiger partial charge in [-0.05, 0) is 55.3 Å². The molecule has 2 aromatic carbocycles. The van der Waals surface area contributed by atoms with Gasteiger partial charge in [0.15, 0.2) is 15.0 Å². The summed E-state index contributed by atoms with van der Waals surface area (Å²) in [7, 11) is -0.755. The first kappa shape index (κ1) is 22.5. The number of carbonyl (C=O) groups is 1. The van der Waals surface area contributed by atoms with E-state index in [4.69, 9.17) is 14.2 Å². The van der Waals surface area contributed by atoms with E-state index in [0.717, 1.165) is 17.5 Å². The normalized spacial score (nSPS) is 16.2. The fraction of sp³-hybridized carbons (Fsp3) is 0.364. The maximum atomic E-state index is 13.3. The highest BCUT2D eigenvalue weighted by Gasteiger charge is 2.30. The summed E-state index contributed by atoms with van der Waals surface area (Å²) in [5, 5.41) is 0.443. The topological polar surface area (TPSA) is 95.0 Å². The Morgan fingerprint density at radius 1 is 1.16 bits per heavy atom. The standard InChI is InChI=1S/C22H24N2O6S2/c1-28-15-5-8-18(9-6-15)32(26,27)14-21(25)24(13-17-4-3-11-30-17)22-23-19-10-7-16(29-2)12-20(19)31-22/h5-10,12,17H,3-4,11,13-14H2,1-2H3. The van der Waals surface area contributed by atoms with Gasteiger partial charge in [-0.1, -0.05) is 11.3 Å². The molecule has 1 unspecified atom stereocenters. The number of ether oxygens (including phenoxy) is 3. The number of amides is 1. The summed E-state index contributed by atoms with van der Waals surface area (Å²) in [5.74, 6) is 0.0278. The van der Waals surface area contributed by atoms with E-state index >= 15 is 0 Å². The molecular formula is C22H24N2O6S2. The Kier molecular flexibility index (Phi) is 6.63. The number of hydrogen-bond donors (Lipinski definition) is 0. The van der Waals surface area contributed by atoms with Crippen molar-refractivity contribution in [1.82, 2.24) is 4.98 Å². The van der Waals surface area contributed by atoms with Crippen molar-refractivity contribution in [3.63, 3.8) is 0 Å². The highest BCUT2D eigenvalue weighted by molar-refractivity contribution is 7.92. The van der Waals surface area contributed by atoms with E-state index in [0.29, 0.717) is 28.8 Å². The van der Waals surface area contributed by atoms with E-state index in [1.165, 1.54) is 35.5 Å². The first-order valence-corrected chi connectivity index (χ1v) is 12.6. The lowest BCUT2D eigenvalue weighted by atomic mass is 10.2. The SMILES string of the molecule is COc1ccc(S(=O)(=O)CC(=O)N(CC2CCCO2)c2nc3ccc(OC)cc3s2)cc1. The van der Waals surface area contributed by atoms with Crippen LogP contribution in [-0.4, -0.2) is 58.5 Å². The smallest absolute Gasteiger partial charge is 0.244 e. The number of benzene rings is 2. The van der Waals surface area contributed by atoms with E-state index in [9.17, 15) is 13.2 Å². The zero-order chi connectivity index (χ0) is 22.7. The average Bonchev–Trinajstić information content (AvgIpc) is 3.46. The van der Waals surface area contributed by atoms with Crippen LogP contribution >= 0.6 is 11.3 Å². The van der Waals surface area contributed by atoms with Crippen molar-refractivity contribution in [2.24, 2.45) is 0 Å². The zero-order valence-corrected chi connectivity index (χ0v) is 19.4. The molecule has 1 aliphatic heterocycles. The number of hydrogen-bond acceptors (Lipinski definition) is 8. The van der Waals surface area contributed by atoms with Crippen LogP contribution in [0.5, 0.6) is 11.5 Å². The molecule has 1 aromatic heterocycles. The second-order valence-corrected chi connectivity index (χ2v) is 10.4. The number of sulfone groups is 1. The van der Waals surface area contributed by atoms with Crippen molar-refractivity contribution in [2.75, 3.05) is 38.0 Å². The number of thiazole rings is 1. The molecule has 1 aliphatic rings. The predicted octanol–water partition coefficient (Wildman–Crippen LogP) is 3.30. The highest BCUT2D eigenvalue weighted by atomic mass is 32.2. The van der Waals surface area contributed by atoms with Crippen LogP contribution < -0.4 is 14.4 Å². The molecule has 1 amide bonds. The van der Waals surface area contributed by atoms with Gasteiger partial charge in [0.05, 0.1) is 42.0 Å². The minimum Gasteiger partial charge on any atom is -0.497 e. The molecule has 0 aliphatic carbocycles. The van der Waals surface area contributed by atoms with Gasteiger partial charge in [0.25, 0.3) is 0 Å². The molecular weight excluding hydrogens is 452 g/mol. The predicted molar refractivity (Wildman–Crippen MR) is 123 cm³/mol. The second kappa shape index (κ2) is 9.43. The Morgan fingerprint density at radius 3 is 2.53 bits per heavy atom. The summed E-state index contributed by atoms with van der Waals surface area (Å²) in [5.41, 5.74) is 0.717. The number of anilines is 1. The lowest BCUT2D eigenvalue weighted by molar-refractivity contribution is -0.116. The molecule has 0 bridgehead atoms. The fourth-order valence-electron chi connectivity index (χ4n) is 3.52. The van der Waals surface area contributed by atoms with Gasteiger partial charge in [0.1, 0.15) is 17.3 Å². The number of rotatable bonds is 8. The van der Waals surface area contributed by atoms with E-state index in [-0.39, 0.29) is 17.5 Å². The van der Waals surface area contributed by atoms with Gasteiger partial charge in [-0.2, -0.15) is 0 Å². The number of nitrogens with zero attached hydrogens (tertiary/aromatic N) is 2. The van der Waals surface area contributed by atoms with Gasteiger partial charge < -0.3 is 14.2 Å². The molecule has 3 aromatic rings. The summed E-state index contributed by atoms with van der Waals surface area (Å²) in [6.07, 6.45) is 1.57. The van der Waals surface area contributed by atoms with Crippen LogP contribution in [0.15, 0.2) is 47.4 Å². The molecule has 0 saturated carbocycles. The Bertz CT molecular complexity index is 1200. The molecule has 4 rings (SSSR count). The first-order valence-electron chi connectivity index (χ1n) is 10.1. The van der Waals surface area contributed by atoms with E-state index < -0.39 is 21.5 Å². The highest BCUT2D eigenvalue weighted by Crippen LogP contribution is 2.32. The van der Waals surface area contributed by atoms with Gasteiger partial charge in [-0.3, -0.25) is 9.69 Å².